The van der Waals surface area contributed by atoms with Gasteiger partial charge in [-0.25, -0.2) is 9.37 Å². The van der Waals surface area contributed by atoms with Gasteiger partial charge in [-0.1, -0.05) is 17.7 Å². The number of fused-ring (bicyclic) bond motifs is 2. The number of hydrogen-bond donors (Lipinski definition) is 2. The first-order chi connectivity index (χ1) is 15.0. The van der Waals surface area contributed by atoms with Gasteiger partial charge in [-0.15, -0.1) is 0 Å². The fourth-order valence-electron chi connectivity index (χ4n) is 4.37. The monoisotopic (exact) mass is 445 g/mol. The highest BCUT2D eigenvalue weighted by Crippen LogP contribution is 2.40. The van der Waals surface area contributed by atoms with E-state index in [1.165, 1.54) is 0 Å². The highest BCUT2D eigenvalue weighted by atomic mass is 35.5. The second-order valence-electron chi connectivity index (χ2n) is 7.73. The Kier molecular flexibility index (Phi) is 5.29. The number of carbonyl (C=O) groups is 1. The molecule has 2 heterocycles. The summed E-state index contributed by atoms with van der Waals surface area (Å²) in [5.74, 6) is -1.13. The number of nitrogens with one attached hydrogen (secondary N) is 1. The third-order valence-corrected chi connectivity index (χ3v) is 6.27. The largest absolute Gasteiger partial charge is 0.480 e. The highest BCUT2D eigenvalue weighted by Gasteiger charge is 2.29. The number of benzene rings is 2. The van der Waals surface area contributed by atoms with E-state index < -0.39 is 11.8 Å². The minimum absolute atomic E-state index is 0.0977. The van der Waals surface area contributed by atoms with Crippen molar-refractivity contribution in [1.82, 2.24) is 10.3 Å². The number of aromatic nitrogens is 1. The summed E-state index contributed by atoms with van der Waals surface area (Å²) >= 11 is 6.70. The first-order valence-corrected chi connectivity index (χ1v) is 10.6. The first kappa shape index (κ1) is 20.2. The Balaban J connectivity index is 1.53. The molecule has 2 N–H and O–H groups in total. The molecule has 1 aromatic heterocycles. The van der Waals surface area contributed by atoms with Crippen LogP contribution >= 0.6 is 11.6 Å². The third kappa shape index (κ3) is 3.64. The number of nitrogens with zero attached hydrogens (tertiary/aromatic N) is 2. The molecular formula is C22H21ClFN3O4. The zero-order chi connectivity index (χ0) is 21.5. The summed E-state index contributed by atoms with van der Waals surface area (Å²) in [6.07, 6.45) is 1.14. The Morgan fingerprint density at radius 3 is 2.94 bits per heavy atom. The Morgan fingerprint density at radius 2 is 2.16 bits per heavy atom. The van der Waals surface area contributed by atoms with Crippen LogP contribution in [-0.4, -0.2) is 48.9 Å². The second-order valence-corrected chi connectivity index (χ2v) is 8.11. The van der Waals surface area contributed by atoms with Gasteiger partial charge in [-0.05, 0) is 42.2 Å². The van der Waals surface area contributed by atoms with Gasteiger partial charge >= 0.3 is 5.97 Å². The van der Waals surface area contributed by atoms with Crippen LogP contribution in [0.25, 0.3) is 22.6 Å². The number of ether oxygens (including phenoxy) is 1. The lowest BCUT2D eigenvalue weighted by Crippen LogP contribution is -2.36. The standard InChI is InChI=1S/C22H21ClFN3O4/c23-19-13(2-1-3-17(19)27-6-8-30-9-7-27)22-26-16-10-14-12(20(24)21(16)31-22)4-5-15(14)25-11-18(28)29/h1-3,10,15,25H,4-9,11H2,(H,28,29)/t15-/m1/s1. The summed E-state index contributed by atoms with van der Waals surface area (Å²) in [7, 11) is 0. The van der Waals surface area contributed by atoms with Crippen LogP contribution in [0.4, 0.5) is 10.1 Å². The number of anilines is 1. The van der Waals surface area contributed by atoms with Crippen LogP contribution in [0.15, 0.2) is 28.7 Å². The SMILES string of the molecule is O=C(O)CN[C@@H]1CCc2c1cc1nc(-c3cccc(N4CCOCC4)c3Cl)oc1c2F. The molecular weight excluding hydrogens is 425 g/mol. The van der Waals surface area contributed by atoms with Gasteiger partial charge in [0, 0.05) is 19.1 Å². The van der Waals surface area contributed by atoms with Crippen molar-refractivity contribution in [3.63, 3.8) is 0 Å². The van der Waals surface area contributed by atoms with Crippen LogP contribution in [0, 0.1) is 5.82 Å². The summed E-state index contributed by atoms with van der Waals surface area (Å²) in [4.78, 5) is 17.6. The van der Waals surface area contributed by atoms with Gasteiger partial charge in [0.15, 0.2) is 11.4 Å². The smallest absolute Gasteiger partial charge is 0.317 e. The number of halogens is 2. The van der Waals surface area contributed by atoms with Gasteiger partial charge in [0.1, 0.15) is 5.52 Å². The summed E-state index contributed by atoms with van der Waals surface area (Å²) in [5.41, 5.74) is 3.24. The van der Waals surface area contributed by atoms with Gasteiger partial charge < -0.3 is 24.5 Å². The van der Waals surface area contributed by atoms with E-state index >= 15 is 4.39 Å². The van der Waals surface area contributed by atoms with Crippen molar-refractivity contribution < 1.29 is 23.4 Å². The molecule has 1 aliphatic heterocycles. The van der Waals surface area contributed by atoms with Crippen LogP contribution < -0.4 is 10.2 Å². The maximum absolute atomic E-state index is 15.2. The summed E-state index contributed by atoms with van der Waals surface area (Å²) in [6, 6.07) is 7.18. The van der Waals surface area contributed by atoms with Crippen molar-refractivity contribution in [2.45, 2.75) is 18.9 Å². The number of carboxylic acids is 1. The van der Waals surface area contributed by atoms with Gasteiger partial charge in [-0.2, -0.15) is 0 Å². The molecule has 0 amide bonds. The minimum atomic E-state index is -0.950. The van der Waals surface area contributed by atoms with E-state index in [4.69, 9.17) is 25.9 Å². The summed E-state index contributed by atoms with van der Waals surface area (Å²) in [6.45, 7) is 2.57. The molecule has 7 nitrogen and oxygen atoms in total. The molecule has 0 unspecified atom stereocenters. The number of aliphatic carboxylic acids is 1. The average Bonchev–Trinajstić information content (AvgIpc) is 3.38. The molecule has 1 aliphatic carbocycles. The van der Waals surface area contributed by atoms with Crippen LogP contribution in [0.5, 0.6) is 0 Å². The third-order valence-electron chi connectivity index (χ3n) is 5.88. The van der Waals surface area contributed by atoms with Crippen molar-refractivity contribution >= 4 is 34.4 Å². The van der Waals surface area contributed by atoms with Crippen molar-refractivity contribution in [3.05, 3.63) is 46.2 Å². The van der Waals surface area contributed by atoms with E-state index in [0.29, 0.717) is 47.7 Å². The molecule has 0 saturated carbocycles. The van der Waals surface area contributed by atoms with Gasteiger partial charge in [-0.3, -0.25) is 4.79 Å². The molecule has 2 aliphatic rings. The quantitative estimate of drug-likeness (QED) is 0.617. The topological polar surface area (TPSA) is 87.8 Å². The van der Waals surface area contributed by atoms with Crippen LogP contribution in [0.2, 0.25) is 5.02 Å². The van der Waals surface area contributed by atoms with Crippen LogP contribution in [-0.2, 0) is 16.0 Å². The molecule has 9 heteroatoms. The molecule has 162 valence electrons. The van der Waals surface area contributed by atoms with E-state index in [-0.39, 0.29) is 24.1 Å². The zero-order valence-electron chi connectivity index (χ0n) is 16.7. The van der Waals surface area contributed by atoms with Gasteiger partial charge in [0.2, 0.25) is 5.89 Å². The molecule has 1 fully saturated rings. The molecule has 31 heavy (non-hydrogen) atoms. The van der Waals surface area contributed by atoms with E-state index in [9.17, 15) is 4.79 Å². The molecule has 1 saturated heterocycles. The Hall–Kier alpha value is -2.68. The fraction of sp³-hybridized carbons (Fsp3) is 0.364. The van der Waals surface area contributed by atoms with Gasteiger partial charge in [0.25, 0.3) is 0 Å². The maximum atomic E-state index is 15.2. The van der Waals surface area contributed by atoms with Crippen LogP contribution in [0.1, 0.15) is 23.6 Å². The molecule has 0 spiro atoms. The maximum Gasteiger partial charge on any atom is 0.317 e. The van der Waals surface area contributed by atoms with E-state index in [2.05, 4.69) is 15.2 Å². The zero-order valence-corrected chi connectivity index (χ0v) is 17.4. The molecule has 3 aromatic rings. The number of hydrogen-bond acceptors (Lipinski definition) is 6. The highest BCUT2D eigenvalue weighted by molar-refractivity contribution is 6.35. The summed E-state index contributed by atoms with van der Waals surface area (Å²) in [5, 5.41) is 12.4. The molecule has 0 radical (unpaired) electrons. The van der Waals surface area contributed by atoms with E-state index in [1.807, 2.05) is 12.1 Å². The Bertz CT molecular complexity index is 1160. The lowest BCUT2D eigenvalue weighted by molar-refractivity contribution is -0.136. The Labute approximate surface area is 182 Å². The fourth-order valence-corrected chi connectivity index (χ4v) is 4.69. The predicted octanol–water partition coefficient (Wildman–Crippen LogP) is 3.79. The summed E-state index contributed by atoms with van der Waals surface area (Å²) < 4.78 is 26.5. The Morgan fingerprint density at radius 1 is 1.35 bits per heavy atom. The molecule has 5 rings (SSSR count). The van der Waals surface area contributed by atoms with Gasteiger partial charge in [0.05, 0.1) is 36.0 Å². The molecule has 2 aromatic carbocycles. The predicted molar refractivity (Wildman–Crippen MR) is 114 cm³/mol. The minimum Gasteiger partial charge on any atom is -0.480 e. The van der Waals surface area contributed by atoms with Crippen molar-refractivity contribution in [2.75, 3.05) is 37.7 Å². The van der Waals surface area contributed by atoms with Crippen molar-refractivity contribution in [3.8, 4) is 11.5 Å². The van der Waals surface area contributed by atoms with E-state index in [0.717, 1.165) is 24.3 Å². The van der Waals surface area contributed by atoms with Crippen molar-refractivity contribution in [2.24, 2.45) is 0 Å². The lowest BCUT2D eigenvalue weighted by atomic mass is 10.1. The van der Waals surface area contributed by atoms with E-state index in [1.54, 1.807) is 12.1 Å². The number of oxazole rings is 1. The average molecular weight is 446 g/mol. The number of rotatable bonds is 5. The lowest BCUT2D eigenvalue weighted by Gasteiger charge is -2.29. The van der Waals surface area contributed by atoms with Crippen molar-refractivity contribution in [1.29, 1.82) is 0 Å². The second kappa shape index (κ2) is 8.11. The normalized spacial score (nSPS) is 18.5. The van der Waals surface area contributed by atoms with Crippen LogP contribution in [0.3, 0.4) is 0 Å². The molecule has 0 bridgehead atoms. The molecule has 1 atom stereocenters. The number of carboxylic acid groups (broad SMARTS) is 1. The number of morpholine rings is 1. The first-order valence-electron chi connectivity index (χ1n) is 10.2.